The van der Waals surface area contributed by atoms with E-state index in [2.05, 4.69) is 0 Å². The molecular formula is C8H13NO2. The summed E-state index contributed by atoms with van der Waals surface area (Å²) >= 11 is 0. The van der Waals surface area contributed by atoms with E-state index in [-0.39, 0.29) is 0 Å². The Hall–Kier alpha value is -0.700. The molecule has 0 aromatic rings. The number of hydrogen-bond acceptors (Lipinski definition) is 3. The van der Waals surface area contributed by atoms with Crippen LogP contribution < -0.4 is 0 Å². The number of rotatable bonds is 1. The lowest BCUT2D eigenvalue weighted by Crippen LogP contribution is -2.32. The highest BCUT2D eigenvalue weighted by Gasteiger charge is 2.24. The summed E-state index contributed by atoms with van der Waals surface area (Å²) in [7, 11) is 0. The van der Waals surface area contributed by atoms with Gasteiger partial charge in [-0.1, -0.05) is 19.3 Å². The Morgan fingerprint density at radius 1 is 1.00 bits per heavy atom. The Morgan fingerprint density at radius 3 is 2.27 bits per heavy atom. The standard InChI is InChI=1S/C8H13NO2/c1-2-4-8(5-3-1)9-10-6-7-11-9/h6-8H,1-5H2. The summed E-state index contributed by atoms with van der Waals surface area (Å²) in [5.41, 5.74) is 0. The van der Waals surface area contributed by atoms with Crippen molar-refractivity contribution in [1.82, 2.24) is 5.23 Å². The zero-order valence-electron chi connectivity index (χ0n) is 6.53. The van der Waals surface area contributed by atoms with E-state index < -0.39 is 0 Å². The van der Waals surface area contributed by atoms with Crippen LogP contribution in [0.5, 0.6) is 0 Å². The van der Waals surface area contributed by atoms with Crippen LogP contribution in [0.15, 0.2) is 12.5 Å². The molecule has 2 rings (SSSR count). The first-order chi connectivity index (χ1) is 5.47. The van der Waals surface area contributed by atoms with Gasteiger partial charge in [0.1, 0.15) is 0 Å². The van der Waals surface area contributed by atoms with Crippen LogP contribution in [-0.2, 0) is 9.68 Å². The summed E-state index contributed by atoms with van der Waals surface area (Å²) < 4.78 is 0. The first kappa shape index (κ1) is 6.98. The highest BCUT2D eigenvalue weighted by atomic mass is 17.0. The molecule has 11 heavy (non-hydrogen) atoms. The van der Waals surface area contributed by atoms with Crippen LogP contribution in [0.1, 0.15) is 32.1 Å². The van der Waals surface area contributed by atoms with Crippen molar-refractivity contribution in [2.24, 2.45) is 0 Å². The Morgan fingerprint density at radius 2 is 1.64 bits per heavy atom. The van der Waals surface area contributed by atoms with Gasteiger partial charge in [-0.05, 0) is 12.8 Å². The second kappa shape index (κ2) is 3.13. The van der Waals surface area contributed by atoms with E-state index in [0.717, 1.165) is 0 Å². The number of nitrogens with zero attached hydrogens (tertiary/aromatic N) is 1. The van der Waals surface area contributed by atoms with Crippen molar-refractivity contribution >= 4 is 0 Å². The average molecular weight is 155 g/mol. The van der Waals surface area contributed by atoms with Gasteiger partial charge in [-0.15, -0.1) is 0 Å². The third-order valence-electron chi connectivity index (χ3n) is 2.26. The third kappa shape index (κ3) is 1.48. The lowest BCUT2D eigenvalue weighted by Gasteiger charge is -2.26. The van der Waals surface area contributed by atoms with E-state index in [9.17, 15) is 0 Å². The zero-order chi connectivity index (χ0) is 7.52. The minimum atomic E-state index is 0.471. The van der Waals surface area contributed by atoms with Crippen LogP contribution in [0.2, 0.25) is 0 Å². The second-order valence-corrected chi connectivity index (χ2v) is 3.06. The summed E-state index contributed by atoms with van der Waals surface area (Å²) in [4.78, 5) is 10.2. The Balaban J connectivity index is 1.83. The van der Waals surface area contributed by atoms with Crippen molar-refractivity contribution in [2.45, 2.75) is 38.1 Å². The largest absolute Gasteiger partial charge is 0.375 e. The minimum Gasteiger partial charge on any atom is -0.375 e. The number of hydroxylamine groups is 2. The average Bonchev–Trinajstić information content (AvgIpc) is 2.58. The zero-order valence-corrected chi connectivity index (χ0v) is 6.53. The van der Waals surface area contributed by atoms with E-state index in [1.54, 1.807) is 17.8 Å². The van der Waals surface area contributed by atoms with Crippen LogP contribution in [-0.4, -0.2) is 11.3 Å². The van der Waals surface area contributed by atoms with Gasteiger partial charge in [-0.25, -0.2) is 0 Å². The molecule has 1 fully saturated rings. The Labute approximate surface area is 66.5 Å². The van der Waals surface area contributed by atoms with Crippen molar-refractivity contribution < 1.29 is 9.68 Å². The summed E-state index contributed by atoms with van der Waals surface area (Å²) in [6.45, 7) is 0. The predicted octanol–water partition coefficient (Wildman–Crippen LogP) is 1.97. The van der Waals surface area contributed by atoms with E-state index in [4.69, 9.17) is 9.68 Å². The molecule has 0 amide bonds. The molecule has 0 bridgehead atoms. The molecule has 0 N–H and O–H groups in total. The molecule has 0 atom stereocenters. The molecule has 2 aliphatic rings. The topological polar surface area (TPSA) is 21.7 Å². The van der Waals surface area contributed by atoms with Crippen molar-refractivity contribution in [3.8, 4) is 0 Å². The van der Waals surface area contributed by atoms with Gasteiger partial charge in [-0.3, -0.25) is 0 Å². The fourth-order valence-corrected chi connectivity index (χ4v) is 1.66. The molecule has 1 saturated carbocycles. The second-order valence-electron chi connectivity index (χ2n) is 3.06. The van der Waals surface area contributed by atoms with Crippen molar-refractivity contribution in [1.29, 1.82) is 0 Å². The molecule has 1 aliphatic carbocycles. The Bertz CT molecular complexity index is 144. The minimum absolute atomic E-state index is 0.471. The van der Waals surface area contributed by atoms with E-state index in [1.165, 1.54) is 32.1 Å². The highest BCUT2D eigenvalue weighted by Crippen LogP contribution is 2.24. The normalized spacial score (nSPS) is 26.5. The van der Waals surface area contributed by atoms with Crippen molar-refractivity contribution in [3.63, 3.8) is 0 Å². The SMILES string of the molecule is C1=CON(C2CCCCC2)O1. The van der Waals surface area contributed by atoms with Gasteiger partial charge >= 0.3 is 0 Å². The molecule has 0 aromatic heterocycles. The lowest BCUT2D eigenvalue weighted by molar-refractivity contribution is -0.313. The fraction of sp³-hybridized carbons (Fsp3) is 0.750. The van der Waals surface area contributed by atoms with E-state index in [0.29, 0.717) is 6.04 Å². The van der Waals surface area contributed by atoms with E-state index >= 15 is 0 Å². The van der Waals surface area contributed by atoms with Gasteiger partial charge in [0.15, 0.2) is 12.5 Å². The maximum Gasteiger partial charge on any atom is 0.152 e. The first-order valence-corrected chi connectivity index (χ1v) is 4.24. The molecular weight excluding hydrogens is 142 g/mol. The molecule has 0 radical (unpaired) electrons. The maximum absolute atomic E-state index is 5.12. The molecule has 0 saturated heterocycles. The summed E-state index contributed by atoms with van der Waals surface area (Å²) in [5.74, 6) is 0. The smallest absolute Gasteiger partial charge is 0.152 e. The predicted molar refractivity (Wildman–Crippen MR) is 40.0 cm³/mol. The molecule has 3 heteroatoms. The van der Waals surface area contributed by atoms with Gasteiger partial charge in [0, 0.05) is 5.23 Å². The van der Waals surface area contributed by atoms with Crippen LogP contribution in [0.4, 0.5) is 0 Å². The summed E-state index contributed by atoms with van der Waals surface area (Å²) in [6.07, 6.45) is 9.51. The monoisotopic (exact) mass is 155 g/mol. The first-order valence-electron chi connectivity index (χ1n) is 4.24. The maximum atomic E-state index is 5.12. The molecule has 1 heterocycles. The van der Waals surface area contributed by atoms with Gasteiger partial charge in [-0.2, -0.15) is 0 Å². The molecule has 0 aromatic carbocycles. The number of hydrogen-bond donors (Lipinski definition) is 0. The van der Waals surface area contributed by atoms with Gasteiger partial charge < -0.3 is 9.68 Å². The lowest BCUT2D eigenvalue weighted by atomic mass is 9.96. The quantitative estimate of drug-likeness (QED) is 0.577. The molecule has 62 valence electrons. The van der Waals surface area contributed by atoms with Gasteiger partial charge in [0.25, 0.3) is 0 Å². The molecule has 0 spiro atoms. The van der Waals surface area contributed by atoms with Gasteiger partial charge in [0.05, 0.1) is 6.04 Å². The molecule has 3 nitrogen and oxygen atoms in total. The van der Waals surface area contributed by atoms with E-state index in [1.807, 2.05) is 0 Å². The van der Waals surface area contributed by atoms with Crippen LogP contribution in [0.25, 0.3) is 0 Å². The highest BCUT2D eigenvalue weighted by molar-refractivity contribution is 4.72. The van der Waals surface area contributed by atoms with Crippen LogP contribution >= 0.6 is 0 Å². The molecule has 0 unspecified atom stereocenters. The summed E-state index contributed by atoms with van der Waals surface area (Å²) in [6, 6.07) is 0.471. The fourth-order valence-electron chi connectivity index (χ4n) is 1.66. The van der Waals surface area contributed by atoms with Gasteiger partial charge in [0.2, 0.25) is 0 Å². The third-order valence-corrected chi connectivity index (χ3v) is 2.26. The van der Waals surface area contributed by atoms with Crippen LogP contribution in [0.3, 0.4) is 0 Å². The summed E-state index contributed by atoms with van der Waals surface area (Å²) in [5, 5.41) is 1.61. The van der Waals surface area contributed by atoms with Crippen molar-refractivity contribution in [3.05, 3.63) is 12.5 Å². The van der Waals surface area contributed by atoms with Crippen LogP contribution in [0, 0.1) is 0 Å². The molecule has 1 aliphatic heterocycles. The van der Waals surface area contributed by atoms with Crippen molar-refractivity contribution in [2.75, 3.05) is 0 Å². The Kier molecular flexibility index (Phi) is 1.99.